The van der Waals surface area contributed by atoms with Crippen LogP contribution in [-0.4, -0.2) is 26.1 Å². The number of aliphatic imine (C=N–C) groups is 1. The Hall–Kier alpha value is -1.58. The molecule has 0 radical (unpaired) electrons. The first-order valence-electron chi connectivity index (χ1n) is 4.55. The predicted molar refractivity (Wildman–Crippen MR) is 55.1 cm³/mol. The van der Waals surface area contributed by atoms with E-state index < -0.39 is 0 Å². The van der Waals surface area contributed by atoms with Gasteiger partial charge in [-0.25, -0.2) is 4.39 Å². The molecule has 1 N–H and O–H groups in total. The van der Waals surface area contributed by atoms with Crippen molar-refractivity contribution < 1.29 is 4.39 Å². The second-order valence-electron chi connectivity index (χ2n) is 3.14. The summed E-state index contributed by atoms with van der Waals surface area (Å²) in [6.45, 7) is 1.59. The topological polar surface area (TPSA) is 27.6 Å². The normalized spacial score (nSPS) is 14.9. The molecule has 0 fully saturated rings. The van der Waals surface area contributed by atoms with Crippen molar-refractivity contribution in [2.75, 3.05) is 25.0 Å². The van der Waals surface area contributed by atoms with Gasteiger partial charge in [-0.15, -0.1) is 0 Å². The number of benzene rings is 1. The number of para-hydroxylation sites is 1. The first-order valence-corrected chi connectivity index (χ1v) is 4.55. The number of hydrogen-bond acceptors (Lipinski definition) is 3. The van der Waals surface area contributed by atoms with Gasteiger partial charge >= 0.3 is 0 Å². The number of nitrogens with zero attached hydrogens (tertiary/aromatic N) is 2. The lowest BCUT2D eigenvalue weighted by molar-refractivity contribution is 0.628. The van der Waals surface area contributed by atoms with Gasteiger partial charge in [-0.2, -0.15) is 0 Å². The van der Waals surface area contributed by atoms with Gasteiger partial charge < -0.3 is 10.2 Å². The minimum absolute atomic E-state index is 0.230. The molecule has 1 aliphatic heterocycles. The lowest BCUT2D eigenvalue weighted by atomic mass is 10.3. The zero-order valence-corrected chi connectivity index (χ0v) is 8.00. The smallest absolute Gasteiger partial charge is 0.198 e. The molecule has 0 saturated carbocycles. The van der Waals surface area contributed by atoms with Crippen LogP contribution in [0.1, 0.15) is 0 Å². The molecule has 4 heteroatoms. The lowest BCUT2D eigenvalue weighted by Gasteiger charge is -2.19. The van der Waals surface area contributed by atoms with E-state index in [-0.39, 0.29) is 5.82 Å². The first-order chi connectivity index (χ1) is 6.79. The highest BCUT2D eigenvalue weighted by Gasteiger charge is 2.14. The minimum atomic E-state index is -0.230. The second-order valence-corrected chi connectivity index (χ2v) is 3.14. The van der Waals surface area contributed by atoms with E-state index in [0.717, 1.165) is 19.0 Å². The number of halogens is 1. The van der Waals surface area contributed by atoms with Gasteiger partial charge in [0.25, 0.3) is 0 Å². The fourth-order valence-corrected chi connectivity index (χ4v) is 1.45. The maximum atomic E-state index is 13.4. The molecule has 3 nitrogen and oxygen atoms in total. The van der Waals surface area contributed by atoms with Crippen molar-refractivity contribution in [1.82, 2.24) is 5.32 Å². The molecule has 0 aliphatic carbocycles. The second kappa shape index (κ2) is 3.65. The van der Waals surface area contributed by atoms with Gasteiger partial charge in [0.1, 0.15) is 5.82 Å². The molecule has 0 unspecified atom stereocenters. The summed E-state index contributed by atoms with van der Waals surface area (Å²) in [5, 5.41) is 3.09. The van der Waals surface area contributed by atoms with E-state index in [2.05, 4.69) is 10.3 Å². The zero-order valence-electron chi connectivity index (χ0n) is 8.00. The molecule has 0 spiro atoms. The maximum absolute atomic E-state index is 13.4. The highest BCUT2D eigenvalue weighted by molar-refractivity contribution is 5.96. The Balaban J connectivity index is 2.26. The van der Waals surface area contributed by atoms with Crippen molar-refractivity contribution >= 4 is 11.6 Å². The Kier molecular flexibility index (Phi) is 2.35. The van der Waals surface area contributed by atoms with Gasteiger partial charge in [0.15, 0.2) is 5.96 Å². The Morgan fingerprint density at radius 2 is 2.21 bits per heavy atom. The standard InChI is InChI=1S/C10H12FN3/c1-14(10-12-6-7-13-10)9-5-3-2-4-8(9)11/h2-5H,6-7H2,1H3,(H,12,13). The summed E-state index contributed by atoms with van der Waals surface area (Å²) in [6.07, 6.45) is 0. The van der Waals surface area contributed by atoms with Crippen LogP contribution >= 0.6 is 0 Å². The number of rotatable bonds is 1. The predicted octanol–water partition coefficient (Wildman–Crippen LogP) is 1.22. The monoisotopic (exact) mass is 193 g/mol. The Morgan fingerprint density at radius 1 is 1.43 bits per heavy atom. The summed E-state index contributed by atoms with van der Waals surface area (Å²) < 4.78 is 13.4. The van der Waals surface area contributed by atoms with Gasteiger partial charge in [-0.05, 0) is 12.1 Å². The van der Waals surface area contributed by atoms with Crippen LogP contribution in [0.3, 0.4) is 0 Å². The Labute approximate surface area is 82.3 Å². The first kappa shape index (κ1) is 8.99. The summed E-state index contributed by atoms with van der Waals surface area (Å²) in [6, 6.07) is 6.67. The molecular weight excluding hydrogens is 181 g/mol. The molecule has 0 aromatic heterocycles. The van der Waals surface area contributed by atoms with E-state index >= 15 is 0 Å². The SMILES string of the molecule is CN(C1=NCCN1)c1ccccc1F. The van der Waals surface area contributed by atoms with Gasteiger partial charge in [-0.3, -0.25) is 4.99 Å². The minimum Gasteiger partial charge on any atom is -0.354 e. The maximum Gasteiger partial charge on any atom is 0.198 e. The highest BCUT2D eigenvalue weighted by Crippen LogP contribution is 2.17. The Bertz CT molecular complexity index is 362. The molecule has 0 amide bonds. The van der Waals surface area contributed by atoms with E-state index in [1.54, 1.807) is 24.1 Å². The van der Waals surface area contributed by atoms with E-state index in [1.807, 2.05) is 6.07 Å². The van der Waals surface area contributed by atoms with E-state index in [9.17, 15) is 4.39 Å². The van der Waals surface area contributed by atoms with Crippen molar-refractivity contribution in [1.29, 1.82) is 0 Å². The summed E-state index contributed by atoms with van der Waals surface area (Å²) >= 11 is 0. The average molecular weight is 193 g/mol. The van der Waals surface area contributed by atoms with Crippen LogP contribution in [0, 0.1) is 5.82 Å². The molecule has 0 saturated heterocycles. The number of anilines is 1. The summed E-state index contributed by atoms with van der Waals surface area (Å²) in [5.74, 6) is 0.501. The lowest BCUT2D eigenvalue weighted by Crippen LogP contribution is -2.36. The van der Waals surface area contributed by atoms with Crippen LogP contribution < -0.4 is 10.2 Å². The average Bonchev–Trinajstić information content (AvgIpc) is 2.70. The van der Waals surface area contributed by atoms with Crippen LogP contribution in [0.15, 0.2) is 29.3 Å². The number of nitrogens with one attached hydrogen (secondary N) is 1. The van der Waals surface area contributed by atoms with Crippen molar-refractivity contribution in [3.63, 3.8) is 0 Å². The van der Waals surface area contributed by atoms with E-state index in [0.29, 0.717) is 5.69 Å². The molecule has 1 aromatic rings. The molecule has 0 atom stereocenters. The quantitative estimate of drug-likeness (QED) is 0.726. The summed E-state index contributed by atoms with van der Waals surface area (Å²) in [7, 11) is 1.80. The molecular formula is C10H12FN3. The van der Waals surface area contributed by atoms with Gasteiger partial charge in [-0.1, -0.05) is 12.1 Å². The van der Waals surface area contributed by atoms with Crippen LogP contribution in [0.2, 0.25) is 0 Å². The molecule has 2 rings (SSSR count). The summed E-state index contributed by atoms with van der Waals surface area (Å²) in [5.41, 5.74) is 0.542. The third-order valence-corrected chi connectivity index (χ3v) is 2.19. The number of guanidine groups is 1. The molecule has 1 aromatic carbocycles. The molecule has 0 bridgehead atoms. The van der Waals surface area contributed by atoms with Crippen molar-refractivity contribution in [2.24, 2.45) is 4.99 Å². The third kappa shape index (κ3) is 1.55. The van der Waals surface area contributed by atoms with Gasteiger partial charge in [0.05, 0.1) is 12.2 Å². The molecule has 14 heavy (non-hydrogen) atoms. The van der Waals surface area contributed by atoms with Crippen LogP contribution in [-0.2, 0) is 0 Å². The van der Waals surface area contributed by atoms with Crippen molar-refractivity contribution in [3.8, 4) is 0 Å². The highest BCUT2D eigenvalue weighted by atomic mass is 19.1. The third-order valence-electron chi connectivity index (χ3n) is 2.19. The van der Waals surface area contributed by atoms with Crippen molar-refractivity contribution in [3.05, 3.63) is 30.1 Å². The van der Waals surface area contributed by atoms with Gasteiger partial charge in [0, 0.05) is 13.6 Å². The zero-order chi connectivity index (χ0) is 9.97. The Morgan fingerprint density at radius 3 is 2.86 bits per heavy atom. The van der Waals surface area contributed by atoms with Crippen LogP contribution in [0.25, 0.3) is 0 Å². The summed E-state index contributed by atoms with van der Waals surface area (Å²) in [4.78, 5) is 5.94. The van der Waals surface area contributed by atoms with E-state index in [4.69, 9.17) is 0 Å². The molecule has 1 aliphatic rings. The molecule has 74 valence electrons. The molecule has 1 heterocycles. The van der Waals surface area contributed by atoms with Crippen LogP contribution in [0.4, 0.5) is 10.1 Å². The fourth-order valence-electron chi connectivity index (χ4n) is 1.45. The van der Waals surface area contributed by atoms with Crippen LogP contribution in [0.5, 0.6) is 0 Å². The van der Waals surface area contributed by atoms with E-state index in [1.165, 1.54) is 6.07 Å². The fraction of sp³-hybridized carbons (Fsp3) is 0.300. The van der Waals surface area contributed by atoms with Crippen molar-refractivity contribution in [2.45, 2.75) is 0 Å². The largest absolute Gasteiger partial charge is 0.354 e. The number of hydrogen-bond donors (Lipinski definition) is 1. The van der Waals surface area contributed by atoms with Gasteiger partial charge in [0.2, 0.25) is 0 Å².